The summed E-state index contributed by atoms with van der Waals surface area (Å²) >= 11 is 0. The summed E-state index contributed by atoms with van der Waals surface area (Å²) in [7, 11) is 0. The van der Waals surface area contributed by atoms with Crippen LogP contribution in [0, 0.1) is 6.92 Å². The molecule has 0 spiro atoms. The van der Waals surface area contributed by atoms with E-state index in [1.165, 1.54) is 10.6 Å². The van der Waals surface area contributed by atoms with E-state index < -0.39 is 0 Å². The topological polar surface area (TPSA) is 53.0 Å². The summed E-state index contributed by atoms with van der Waals surface area (Å²) in [5, 5.41) is 5.77. The Kier molecular flexibility index (Phi) is 4.22. The number of hydrogen-bond acceptors (Lipinski definition) is 3. The van der Waals surface area contributed by atoms with E-state index in [1.807, 2.05) is 36.1 Å². The number of carbonyl (C=O) groups excluding carboxylic acids is 2. The summed E-state index contributed by atoms with van der Waals surface area (Å²) < 4.78 is 0. The average Bonchev–Trinajstić information content (AvgIpc) is 3.05. The van der Waals surface area contributed by atoms with Gasteiger partial charge in [0.05, 0.1) is 5.71 Å². The largest absolute Gasteiger partial charge is 0.341 e. The molecule has 3 rings (SSSR count). The third-order valence-electron chi connectivity index (χ3n) is 4.23. The summed E-state index contributed by atoms with van der Waals surface area (Å²) in [5.41, 5.74) is 3.10. The van der Waals surface area contributed by atoms with Crippen LogP contribution in [0.3, 0.4) is 0 Å². The van der Waals surface area contributed by atoms with E-state index >= 15 is 0 Å². The SMILES string of the molecule is Cc1ccc(C2=NN(CC(=O)N3CCCC3)C(=O)CC2)cc1. The van der Waals surface area contributed by atoms with Crippen LogP contribution in [0.4, 0.5) is 0 Å². The molecule has 5 nitrogen and oxygen atoms in total. The maximum absolute atomic E-state index is 12.2. The Labute approximate surface area is 130 Å². The molecular weight excluding hydrogens is 278 g/mol. The highest BCUT2D eigenvalue weighted by molar-refractivity contribution is 6.04. The molecule has 0 saturated carbocycles. The zero-order chi connectivity index (χ0) is 15.5. The van der Waals surface area contributed by atoms with Crippen LogP contribution < -0.4 is 0 Å². The minimum absolute atomic E-state index is 0.000226. The van der Waals surface area contributed by atoms with E-state index in [2.05, 4.69) is 5.10 Å². The van der Waals surface area contributed by atoms with Crippen molar-refractivity contribution >= 4 is 17.5 Å². The Morgan fingerprint density at radius 2 is 1.82 bits per heavy atom. The van der Waals surface area contributed by atoms with E-state index in [0.717, 1.165) is 37.2 Å². The molecule has 1 fully saturated rings. The van der Waals surface area contributed by atoms with E-state index in [1.54, 1.807) is 0 Å². The molecule has 2 amide bonds. The fourth-order valence-corrected chi connectivity index (χ4v) is 2.87. The van der Waals surface area contributed by atoms with E-state index in [-0.39, 0.29) is 18.4 Å². The molecule has 2 aliphatic rings. The van der Waals surface area contributed by atoms with Gasteiger partial charge in [0.25, 0.3) is 0 Å². The molecule has 1 saturated heterocycles. The van der Waals surface area contributed by atoms with Crippen LogP contribution in [0.15, 0.2) is 29.4 Å². The van der Waals surface area contributed by atoms with Crippen molar-refractivity contribution in [3.05, 3.63) is 35.4 Å². The number of rotatable bonds is 3. The minimum Gasteiger partial charge on any atom is -0.341 e. The third kappa shape index (κ3) is 3.18. The first-order valence-electron chi connectivity index (χ1n) is 7.86. The molecule has 1 aromatic carbocycles. The van der Waals surface area contributed by atoms with Crippen LogP contribution in [0.5, 0.6) is 0 Å². The zero-order valence-corrected chi connectivity index (χ0v) is 12.9. The molecule has 116 valence electrons. The third-order valence-corrected chi connectivity index (χ3v) is 4.23. The molecule has 0 atom stereocenters. The predicted molar refractivity (Wildman–Crippen MR) is 84.5 cm³/mol. The van der Waals surface area contributed by atoms with Crippen molar-refractivity contribution in [3.63, 3.8) is 0 Å². The standard InChI is InChI=1S/C17H21N3O2/c1-13-4-6-14(7-5-13)15-8-9-16(21)20(18-15)12-17(22)19-10-2-3-11-19/h4-7H,2-3,8-12H2,1H3. The van der Waals surface area contributed by atoms with Crippen LogP contribution >= 0.6 is 0 Å². The Morgan fingerprint density at radius 1 is 1.14 bits per heavy atom. The lowest BCUT2D eigenvalue weighted by Crippen LogP contribution is -2.41. The molecule has 0 aromatic heterocycles. The molecule has 0 aliphatic carbocycles. The molecule has 0 N–H and O–H groups in total. The number of hydrazone groups is 1. The second-order valence-electron chi connectivity index (χ2n) is 5.95. The highest BCUT2D eigenvalue weighted by atomic mass is 16.2. The van der Waals surface area contributed by atoms with Crippen LogP contribution in [0.2, 0.25) is 0 Å². The van der Waals surface area contributed by atoms with E-state index in [4.69, 9.17) is 0 Å². The van der Waals surface area contributed by atoms with Crippen LogP contribution in [0.1, 0.15) is 36.8 Å². The highest BCUT2D eigenvalue weighted by Crippen LogP contribution is 2.17. The molecular formula is C17H21N3O2. The quantitative estimate of drug-likeness (QED) is 0.856. The first kappa shape index (κ1) is 14.8. The first-order chi connectivity index (χ1) is 10.6. The fourth-order valence-electron chi connectivity index (χ4n) is 2.87. The van der Waals surface area contributed by atoms with Gasteiger partial charge in [-0.3, -0.25) is 9.59 Å². The van der Waals surface area contributed by atoms with Crippen LogP contribution in [0.25, 0.3) is 0 Å². The number of amides is 2. The minimum atomic E-state index is -0.0663. The van der Waals surface area contributed by atoms with Gasteiger partial charge in [0.15, 0.2) is 0 Å². The first-order valence-corrected chi connectivity index (χ1v) is 7.86. The van der Waals surface area contributed by atoms with Crippen molar-refractivity contribution in [2.24, 2.45) is 5.10 Å². The number of benzene rings is 1. The molecule has 5 heteroatoms. The number of carbonyl (C=O) groups is 2. The Balaban J connectivity index is 1.74. The summed E-state index contributed by atoms with van der Waals surface area (Å²) in [6.07, 6.45) is 3.16. The van der Waals surface area contributed by atoms with Crippen LogP contribution in [-0.2, 0) is 9.59 Å². The number of aryl methyl sites for hydroxylation is 1. The van der Waals surface area contributed by atoms with E-state index in [9.17, 15) is 9.59 Å². The zero-order valence-electron chi connectivity index (χ0n) is 12.9. The van der Waals surface area contributed by atoms with Crippen molar-refractivity contribution in [2.75, 3.05) is 19.6 Å². The van der Waals surface area contributed by atoms with Gasteiger partial charge < -0.3 is 4.90 Å². The smallest absolute Gasteiger partial charge is 0.244 e. The van der Waals surface area contributed by atoms with Gasteiger partial charge in [-0.05, 0) is 25.3 Å². The lowest BCUT2D eigenvalue weighted by molar-refractivity contribution is -0.140. The summed E-state index contributed by atoms with van der Waals surface area (Å²) in [6.45, 7) is 3.70. The van der Waals surface area contributed by atoms with Crippen LogP contribution in [-0.4, -0.2) is 47.1 Å². The monoisotopic (exact) mass is 299 g/mol. The van der Waals surface area contributed by atoms with Gasteiger partial charge >= 0.3 is 0 Å². The Bertz CT molecular complexity index is 601. The summed E-state index contributed by atoms with van der Waals surface area (Å²) in [6, 6.07) is 8.11. The maximum atomic E-state index is 12.2. The van der Waals surface area contributed by atoms with Gasteiger partial charge in [-0.15, -0.1) is 0 Å². The maximum Gasteiger partial charge on any atom is 0.244 e. The van der Waals surface area contributed by atoms with Crippen molar-refractivity contribution in [1.82, 2.24) is 9.91 Å². The molecule has 0 bridgehead atoms. The predicted octanol–water partition coefficient (Wildman–Crippen LogP) is 1.94. The van der Waals surface area contributed by atoms with Gasteiger partial charge in [-0.1, -0.05) is 29.8 Å². The average molecular weight is 299 g/mol. The number of likely N-dealkylation sites (tertiary alicyclic amines) is 1. The van der Waals surface area contributed by atoms with E-state index in [0.29, 0.717) is 12.8 Å². The molecule has 0 radical (unpaired) electrons. The normalized spacial score (nSPS) is 18.6. The van der Waals surface area contributed by atoms with Crippen molar-refractivity contribution < 1.29 is 9.59 Å². The molecule has 22 heavy (non-hydrogen) atoms. The molecule has 0 unspecified atom stereocenters. The van der Waals surface area contributed by atoms with Crippen molar-refractivity contribution in [2.45, 2.75) is 32.6 Å². The fraction of sp³-hybridized carbons (Fsp3) is 0.471. The lowest BCUT2D eigenvalue weighted by Gasteiger charge is -2.25. The molecule has 2 heterocycles. The Hall–Kier alpha value is -2.17. The van der Waals surface area contributed by atoms with Gasteiger partial charge in [0, 0.05) is 25.9 Å². The number of hydrogen-bond donors (Lipinski definition) is 0. The Morgan fingerprint density at radius 3 is 2.50 bits per heavy atom. The second kappa shape index (κ2) is 6.30. The van der Waals surface area contributed by atoms with Crippen molar-refractivity contribution in [1.29, 1.82) is 0 Å². The highest BCUT2D eigenvalue weighted by Gasteiger charge is 2.26. The molecule has 1 aromatic rings. The van der Waals surface area contributed by atoms with Gasteiger partial charge in [0.2, 0.25) is 11.8 Å². The van der Waals surface area contributed by atoms with Gasteiger partial charge in [0.1, 0.15) is 6.54 Å². The lowest BCUT2D eigenvalue weighted by atomic mass is 10.0. The number of nitrogens with zero attached hydrogens (tertiary/aromatic N) is 3. The second-order valence-corrected chi connectivity index (χ2v) is 5.95. The summed E-state index contributed by atoms with van der Waals surface area (Å²) in [5.74, 6) is -0.0665. The molecule has 2 aliphatic heterocycles. The van der Waals surface area contributed by atoms with Crippen molar-refractivity contribution in [3.8, 4) is 0 Å². The summed E-state index contributed by atoms with van der Waals surface area (Å²) in [4.78, 5) is 26.1. The van der Waals surface area contributed by atoms with Gasteiger partial charge in [-0.25, -0.2) is 5.01 Å². The van der Waals surface area contributed by atoms with Gasteiger partial charge in [-0.2, -0.15) is 5.10 Å².